The van der Waals surface area contributed by atoms with Crippen LogP contribution < -0.4 is 10.2 Å². The Morgan fingerprint density at radius 3 is 1.73 bits per heavy atom. The number of benzene rings is 4. The van der Waals surface area contributed by atoms with Gasteiger partial charge in [-0.1, -0.05) is 58.1 Å². The van der Waals surface area contributed by atoms with Gasteiger partial charge < -0.3 is 15.3 Å². The molecule has 21 nitrogen and oxygen atoms in total. The van der Waals surface area contributed by atoms with E-state index in [9.17, 15) is 79.5 Å². The molecule has 0 radical (unpaired) electrons. The number of carboxylic acid groups (broad SMARTS) is 1. The number of nitrogens with one attached hydrogen (secondary N) is 1. The van der Waals surface area contributed by atoms with Gasteiger partial charge in [0.1, 0.15) is 9.79 Å². The van der Waals surface area contributed by atoms with Gasteiger partial charge in [0.15, 0.2) is 5.41 Å². The molecule has 4 aromatic rings. The molecule has 0 fully saturated rings. The van der Waals surface area contributed by atoms with E-state index in [-0.39, 0.29) is 50.6 Å². The Morgan fingerprint density at radius 1 is 0.686 bits per heavy atom. The van der Waals surface area contributed by atoms with Crippen LogP contribution >= 0.6 is 0 Å². The molecule has 7 N–H and O–H groups in total. The summed E-state index contributed by atoms with van der Waals surface area (Å²) in [4.78, 5) is 30.6. The molecule has 4 aromatic carbocycles. The van der Waals surface area contributed by atoms with E-state index in [2.05, 4.69) is 5.32 Å². The molecular formula is C44H45N3O18S5. The average Bonchev–Trinajstić information content (AvgIpc) is 3.62. The van der Waals surface area contributed by atoms with Crippen LogP contribution in [0.4, 0.5) is 11.4 Å². The number of hydrogen-bond acceptors (Lipinski definition) is 14. The number of nitrogens with zero attached hydrogens (tertiary/aromatic N) is 2. The van der Waals surface area contributed by atoms with E-state index >= 15 is 0 Å². The first-order valence-corrected chi connectivity index (χ1v) is 28.2. The summed E-state index contributed by atoms with van der Waals surface area (Å²) in [6.45, 7) is 8.25. The lowest BCUT2D eigenvalue weighted by atomic mass is 9.71. The number of rotatable bonds is 13. The lowest BCUT2D eigenvalue weighted by molar-refractivity contribution is -0.156. The third-order valence-electron chi connectivity index (χ3n) is 12.7. The van der Waals surface area contributed by atoms with Gasteiger partial charge in [-0.15, -0.1) is 0 Å². The van der Waals surface area contributed by atoms with Gasteiger partial charge in [-0.2, -0.15) is 42.1 Å². The summed E-state index contributed by atoms with van der Waals surface area (Å²) in [7, 11) is -24.6. The zero-order valence-corrected chi connectivity index (χ0v) is 41.6. The lowest BCUT2D eigenvalue weighted by Gasteiger charge is -2.33. The van der Waals surface area contributed by atoms with Crippen LogP contribution in [0.1, 0.15) is 58.6 Å². The first-order chi connectivity index (χ1) is 32.0. The monoisotopic (exact) mass is 1060 g/mol. The molecule has 2 aliphatic heterocycles. The minimum atomic E-state index is -5.03. The van der Waals surface area contributed by atoms with Crippen molar-refractivity contribution in [3.05, 3.63) is 107 Å². The summed E-state index contributed by atoms with van der Waals surface area (Å²) in [5, 5.41) is 13.1. The van der Waals surface area contributed by atoms with Gasteiger partial charge in [-0.05, 0) is 101 Å². The summed E-state index contributed by atoms with van der Waals surface area (Å²) in [6.07, 6.45) is 6.80. The fraction of sp³-hybridized carbons (Fsp3) is 0.295. The molecule has 1 atom stereocenters. The van der Waals surface area contributed by atoms with E-state index in [1.165, 1.54) is 36.4 Å². The first-order valence-electron chi connectivity index (χ1n) is 20.8. The fourth-order valence-electron chi connectivity index (χ4n) is 9.52. The van der Waals surface area contributed by atoms with Crippen molar-refractivity contribution in [2.75, 3.05) is 23.7 Å². The van der Waals surface area contributed by atoms with Crippen molar-refractivity contribution < 1.29 is 79.5 Å². The van der Waals surface area contributed by atoms with E-state index < -0.39 is 123 Å². The van der Waals surface area contributed by atoms with Crippen molar-refractivity contribution in [2.24, 2.45) is 10.4 Å². The highest BCUT2D eigenvalue weighted by Gasteiger charge is 2.49. The maximum absolute atomic E-state index is 14.0. The molecule has 26 heteroatoms. The smallest absolute Gasteiger partial charge is 0.319 e. The highest BCUT2D eigenvalue weighted by Crippen LogP contribution is 2.52. The highest BCUT2D eigenvalue weighted by molar-refractivity contribution is 7.87. The van der Waals surface area contributed by atoms with E-state index in [4.69, 9.17) is 4.99 Å². The number of carbonyl (C=O) groups excluding carboxylic acids is 1. The van der Waals surface area contributed by atoms with E-state index in [1.807, 2.05) is 4.90 Å². The van der Waals surface area contributed by atoms with Crippen molar-refractivity contribution in [1.29, 1.82) is 0 Å². The molecule has 1 unspecified atom stereocenters. The predicted molar refractivity (Wildman–Crippen MR) is 255 cm³/mol. The molecule has 3 aliphatic rings. The predicted octanol–water partition coefficient (Wildman–Crippen LogP) is 5.32. The molecule has 0 aromatic heterocycles. The standard InChI is InChI=1S/C44H45N3O18S5/c1-6-47-33-12-10-29-31(19-27(68(57,58)59)21-35(29)70(63,64)65)39(33)43(4,5)37(47)14-8-25-17-24(22-44(23-25,41(49)50)40(48)45-15-16-66(51,52)53)7-13-36-42(2,3)38-30-18-26(67(54,55)56)20-34(69(60,61)62)28(30)9-11-32(38)46-36/h7-14,17-21H,6,15-16,22-23H2,1-5H3,(H,45,48)(H,49,50)(H,51,52,53)(H,54,55,56)(H,57,58,59)(H,60,61,62)(H,63,64,65)/b13-7+,25-8-,37-14+. The molecule has 1 amide bonds. The number of amides is 1. The summed E-state index contributed by atoms with van der Waals surface area (Å²) >= 11 is 0. The first kappa shape index (κ1) is 52.2. The van der Waals surface area contributed by atoms with Gasteiger partial charge in [-0.25, -0.2) is 0 Å². The number of aliphatic carboxylic acids is 1. The second kappa shape index (κ2) is 17.3. The van der Waals surface area contributed by atoms with Gasteiger partial charge in [0, 0.05) is 46.1 Å². The summed E-state index contributed by atoms with van der Waals surface area (Å²) in [5.74, 6) is -3.62. The number of anilines is 1. The van der Waals surface area contributed by atoms with Crippen LogP contribution in [0, 0.1) is 5.41 Å². The molecule has 0 saturated heterocycles. The second-order valence-electron chi connectivity index (χ2n) is 18.0. The molecule has 0 bridgehead atoms. The number of fused-ring (bicyclic) bond motifs is 6. The van der Waals surface area contributed by atoms with Crippen molar-refractivity contribution in [2.45, 2.75) is 77.9 Å². The topological polar surface area (TPSA) is 354 Å². The minimum Gasteiger partial charge on any atom is -0.480 e. The third kappa shape index (κ3) is 9.47. The molecule has 1 aliphatic carbocycles. The lowest BCUT2D eigenvalue weighted by Crippen LogP contribution is -2.49. The Bertz CT molecular complexity index is 3760. The average molecular weight is 1060 g/mol. The zero-order chi connectivity index (χ0) is 52.1. The Kier molecular flexibility index (Phi) is 12.9. The van der Waals surface area contributed by atoms with Gasteiger partial charge in [0.05, 0.1) is 26.9 Å². The van der Waals surface area contributed by atoms with Crippen molar-refractivity contribution in [1.82, 2.24) is 5.32 Å². The number of hydrogen-bond donors (Lipinski definition) is 7. The Labute approximate surface area is 402 Å². The van der Waals surface area contributed by atoms with Crippen molar-refractivity contribution in [3.63, 3.8) is 0 Å². The number of likely N-dealkylation sites (N-methyl/N-ethyl adjacent to an activating group) is 1. The molecule has 0 spiro atoms. The van der Waals surface area contributed by atoms with E-state index in [1.54, 1.807) is 52.8 Å². The van der Waals surface area contributed by atoms with Crippen LogP contribution in [-0.4, -0.2) is 106 Å². The fourth-order valence-corrected chi connectivity index (χ4v) is 12.6. The van der Waals surface area contributed by atoms with Crippen LogP contribution in [-0.2, 0) is 71.0 Å². The normalized spacial score (nSPS) is 20.5. The number of carboxylic acids is 1. The van der Waals surface area contributed by atoms with Crippen LogP contribution in [0.25, 0.3) is 21.5 Å². The van der Waals surface area contributed by atoms with Crippen molar-refractivity contribution >= 4 is 101 Å². The molecule has 0 saturated carbocycles. The largest absolute Gasteiger partial charge is 0.480 e. The maximum Gasteiger partial charge on any atom is 0.319 e. The summed E-state index contributed by atoms with van der Waals surface area (Å²) in [6, 6.07) is 9.07. The van der Waals surface area contributed by atoms with Gasteiger partial charge >= 0.3 is 5.97 Å². The van der Waals surface area contributed by atoms with Crippen LogP contribution in [0.3, 0.4) is 0 Å². The quantitative estimate of drug-likeness (QED) is 0.0657. The number of aliphatic imine (C=N–C) groups is 1. The second-order valence-corrected chi connectivity index (χ2v) is 25.2. The van der Waals surface area contributed by atoms with Gasteiger partial charge in [-0.3, -0.25) is 37.3 Å². The molecule has 2 heterocycles. The minimum absolute atomic E-state index is 0.0165. The van der Waals surface area contributed by atoms with E-state index in [0.717, 1.165) is 12.1 Å². The molecular weight excluding hydrogens is 1020 g/mol. The van der Waals surface area contributed by atoms with Crippen molar-refractivity contribution in [3.8, 4) is 0 Å². The number of allylic oxidation sites excluding steroid dienone is 8. The third-order valence-corrected chi connectivity index (χ3v) is 16.9. The Balaban J connectivity index is 1.37. The zero-order valence-electron chi connectivity index (χ0n) is 37.6. The van der Waals surface area contributed by atoms with Crippen LogP contribution in [0.2, 0.25) is 0 Å². The molecule has 7 rings (SSSR count). The number of carbonyl (C=O) groups is 2. The van der Waals surface area contributed by atoms with E-state index in [0.29, 0.717) is 34.6 Å². The van der Waals surface area contributed by atoms with Gasteiger partial charge in [0.25, 0.3) is 50.6 Å². The highest BCUT2D eigenvalue weighted by atomic mass is 32.2. The van der Waals surface area contributed by atoms with Gasteiger partial charge in [0.2, 0.25) is 5.91 Å². The molecule has 70 heavy (non-hydrogen) atoms. The molecule has 374 valence electrons. The van der Waals surface area contributed by atoms with Crippen LogP contribution in [0.15, 0.2) is 120 Å². The summed E-state index contributed by atoms with van der Waals surface area (Å²) < 4.78 is 172. The Hall–Kier alpha value is -5.68. The Morgan fingerprint density at radius 2 is 1.23 bits per heavy atom. The maximum atomic E-state index is 14.0. The summed E-state index contributed by atoms with van der Waals surface area (Å²) in [5.41, 5.74) is -1.83. The SMILES string of the molecule is CCN1/C(=C/C=C2C=C(/C=C/C3=Nc4ccc5c(S(=O)(=O)O)cc(S(=O)(=O)O)cc5c4C3(C)C)CC(C(=O)O)(C(=O)NCCS(=O)(=O)O)C/2)C(C)(C)c2c1ccc1c(S(=O)(=O)O)cc(S(=O)(=O)O)cc21. The van der Waals surface area contributed by atoms with Crippen LogP contribution in [0.5, 0.6) is 0 Å².